The van der Waals surface area contributed by atoms with Gasteiger partial charge in [-0.25, -0.2) is 19.1 Å². The second kappa shape index (κ2) is 9.18. The first-order valence-electron chi connectivity index (χ1n) is 1.21. The molecule has 0 saturated carbocycles. The third-order valence-corrected chi connectivity index (χ3v) is 0. The third-order valence-electron chi connectivity index (χ3n) is 0. The molecule has 0 radical (unpaired) electrons. The predicted octanol–water partition coefficient (Wildman–Crippen LogP) is -1.98. The van der Waals surface area contributed by atoms with Crippen molar-refractivity contribution in [1.82, 2.24) is 0 Å². The summed E-state index contributed by atoms with van der Waals surface area (Å²) >= 11 is 0. The summed E-state index contributed by atoms with van der Waals surface area (Å²) in [5.41, 5.74) is 0.917. The number of hydrogen-bond acceptors (Lipinski definition) is 0. The molecule has 0 aliphatic carbocycles. The SMILES string of the molecule is C=C([CH2-])C.[Cl-].[Mg+2]. The van der Waals surface area contributed by atoms with E-state index in [0.717, 1.165) is 5.57 Å². The van der Waals surface area contributed by atoms with Gasteiger partial charge in [-0.2, -0.15) is 0 Å². The fourth-order valence-corrected chi connectivity index (χ4v) is 0. The van der Waals surface area contributed by atoms with Crippen LogP contribution in [0.4, 0.5) is 0 Å². The van der Waals surface area contributed by atoms with Crippen LogP contribution in [0.3, 0.4) is 0 Å². The molecule has 0 aromatic rings. The van der Waals surface area contributed by atoms with Crippen LogP contribution in [0.2, 0.25) is 0 Å². The zero-order valence-electron chi connectivity index (χ0n) is 4.00. The minimum Gasteiger partial charge on any atom is -1.00 e. The first-order valence-corrected chi connectivity index (χ1v) is 1.21. The van der Waals surface area contributed by atoms with Gasteiger partial charge in [-0.3, -0.25) is 0 Å². The molecule has 0 nitrogen and oxygen atoms in total. The summed E-state index contributed by atoms with van der Waals surface area (Å²) < 4.78 is 0. The minimum atomic E-state index is 0. The Morgan fingerprint density at radius 1 is 1.67 bits per heavy atom. The Balaban J connectivity index is -0.0000000450. The van der Waals surface area contributed by atoms with E-state index >= 15 is 0 Å². The van der Waals surface area contributed by atoms with E-state index < -0.39 is 0 Å². The number of halogens is 1. The van der Waals surface area contributed by atoms with Crippen molar-refractivity contribution in [2.75, 3.05) is 0 Å². The molecular weight excluding hydrogens is 108 g/mol. The standard InChI is InChI=1S/C4H7.ClH.Mg/c1-4(2)3;;/h1-2H2,3H3;1H;/q-1;;+2/p-1. The molecule has 32 valence electrons. The van der Waals surface area contributed by atoms with E-state index in [4.69, 9.17) is 0 Å². The van der Waals surface area contributed by atoms with Crippen molar-refractivity contribution in [2.45, 2.75) is 6.92 Å². The van der Waals surface area contributed by atoms with Crippen LogP contribution in [-0.4, -0.2) is 23.1 Å². The van der Waals surface area contributed by atoms with Crippen molar-refractivity contribution in [2.24, 2.45) is 0 Å². The van der Waals surface area contributed by atoms with Crippen molar-refractivity contribution in [3.05, 3.63) is 19.1 Å². The van der Waals surface area contributed by atoms with Crippen LogP contribution in [0.15, 0.2) is 12.2 Å². The van der Waals surface area contributed by atoms with Crippen LogP contribution in [0.1, 0.15) is 6.92 Å². The summed E-state index contributed by atoms with van der Waals surface area (Å²) in [7, 11) is 0. The molecule has 0 rings (SSSR count). The van der Waals surface area contributed by atoms with Gasteiger partial charge in [0.15, 0.2) is 0 Å². The topological polar surface area (TPSA) is 0 Å². The van der Waals surface area contributed by atoms with E-state index in [-0.39, 0.29) is 35.5 Å². The molecule has 0 saturated heterocycles. The van der Waals surface area contributed by atoms with E-state index in [1.165, 1.54) is 0 Å². The fraction of sp³-hybridized carbons (Fsp3) is 0.250. The summed E-state index contributed by atoms with van der Waals surface area (Å²) in [4.78, 5) is 0. The largest absolute Gasteiger partial charge is 2.00 e. The van der Waals surface area contributed by atoms with Crippen LogP contribution >= 0.6 is 0 Å². The van der Waals surface area contributed by atoms with Gasteiger partial charge in [-0.1, -0.05) is 6.92 Å². The summed E-state index contributed by atoms with van der Waals surface area (Å²) in [5, 5.41) is 0. The molecular formula is C4H7ClMg. The molecule has 0 aliphatic heterocycles. The van der Waals surface area contributed by atoms with Gasteiger partial charge >= 0.3 is 23.1 Å². The van der Waals surface area contributed by atoms with Gasteiger partial charge in [0.25, 0.3) is 0 Å². The second-order valence-corrected chi connectivity index (χ2v) is 0.957. The average molecular weight is 115 g/mol. The Morgan fingerprint density at radius 3 is 1.67 bits per heavy atom. The van der Waals surface area contributed by atoms with Crippen LogP contribution in [0, 0.1) is 6.92 Å². The Hall–Kier alpha value is 0.666. The quantitative estimate of drug-likeness (QED) is 0.253. The first-order chi connectivity index (χ1) is 1.73. The Labute approximate surface area is 61.6 Å². The maximum atomic E-state index is 3.44. The number of allylic oxidation sites excluding steroid dienone is 1. The molecule has 0 N–H and O–H groups in total. The molecule has 0 spiro atoms. The predicted molar refractivity (Wildman–Crippen MR) is 25.9 cm³/mol. The first kappa shape index (κ1) is 15.9. The van der Waals surface area contributed by atoms with Crippen LogP contribution in [0.25, 0.3) is 0 Å². The van der Waals surface area contributed by atoms with Crippen LogP contribution in [-0.2, 0) is 0 Å². The molecule has 2 heteroatoms. The smallest absolute Gasteiger partial charge is 1.00 e. The van der Waals surface area contributed by atoms with Gasteiger partial charge in [0.1, 0.15) is 0 Å². The van der Waals surface area contributed by atoms with E-state index in [1.807, 2.05) is 6.92 Å². The summed E-state index contributed by atoms with van der Waals surface area (Å²) in [6.45, 7) is 8.75. The van der Waals surface area contributed by atoms with Crippen LogP contribution in [0.5, 0.6) is 0 Å². The van der Waals surface area contributed by atoms with Crippen molar-refractivity contribution in [3.63, 3.8) is 0 Å². The fourth-order valence-electron chi connectivity index (χ4n) is 0. The van der Waals surface area contributed by atoms with Gasteiger partial charge in [-0.05, 0) is 0 Å². The summed E-state index contributed by atoms with van der Waals surface area (Å²) in [6.07, 6.45) is 0. The Morgan fingerprint density at radius 2 is 1.67 bits per heavy atom. The van der Waals surface area contributed by atoms with E-state index in [1.54, 1.807) is 0 Å². The molecule has 0 aliphatic rings. The summed E-state index contributed by atoms with van der Waals surface area (Å²) in [6, 6.07) is 0. The maximum Gasteiger partial charge on any atom is 2.00 e. The van der Waals surface area contributed by atoms with Gasteiger partial charge in [0.2, 0.25) is 0 Å². The van der Waals surface area contributed by atoms with Crippen molar-refractivity contribution in [1.29, 1.82) is 0 Å². The maximum absolute atomic E-state index is 3.44. The third kappa shape index (κ3) is 141. The van der Waals surface area contributed by atoms with Gasteiger partial charge < -0.3 is 12.4 Å². The molecule has 0 bridgehead atoms. The molecule has 0 atom stereocenters. The molecule has 0 amide bonds. The average Bonchev–Trinajstić information content (AvgIpc) is 0.811. The second-order valence-electron chi connectivity index (χ2n) is 0.957. The Kier molecular flexibility index (Phi) is 24.4. The van der Waals surface area contributed by atoms with Crippen molar-refractivity contribution < 1.29 is 12.4 Å². The van der Waals surface area contributed by atoms with E-state index in [0.29, 0.717) is 0 Å². The van der Waals surface area contributed by atoms with Gasteiger partial charge in [0, 0.05) is 0 Å². The van der Waals surface area contributed by atoms with Gasteiger partial charge in [-0.15, -0.1) is 0 Å². The minimum absolute atomic E-state index is 0. The molecule has 6 heavy (non-hydrogen) atoms. The molecule has 0 aromatic carbocycles. The summed E-state index contributed by atoms with van der Waals surface area (Å²) in [5.74, 6) is 0. The Bertz CT molecular complexity index is 30.5. The van der Waals surface area contributed by atoms with Crippen molar-refractivity contribution >= 4 is 23.1 Å². The van der Waals surface area contributed by atoms with Crippen LogP contribution < -0.4 is 12.4 Å². The van der Waals surface area contributed by atoms with Gasteiger partial charge in [0.05, 0.1) is 0 Å². The monoisotopic (exact) mass is 114 g/mol. The molecule has 0 unspecified atom stereocenters. The normalized spacial score (nSPS) is 4.17. The van der Waals surface area contributed by atoms with E-state index in [2.05, 4.69) is 13.5 Å². The molecule has 0 heterocycles. The number of hydrogen-bond donors (Lipinski definition) is 0. The number of rotatable bonds is 0. The zero-order valence-corrected chi connectivity index (χ0v) is 6.17. The van der Waals surface area contributed by atoms with E-state index in [9.17, 15) is 0 Å². The zero-order chi connectivity index (χ0) is 3.58. The van der Waals surface area contributed by atoms with Crippen molar-refractivity contribution in [3.8, 4) is 0 Å². The molecule has 0 aromatic heterocycles. The molecule has 0 fully saturated rings.